The number of benzene rings is 2. The molecule has 0 atom stereocenters. The summed E-state index contributed by atoms with van der Waals surface area (Å²) < 4.78 is 13.3. The minimum Gasteiger partial charge on any atom is -0.462 e. The Balaban J connectivity index is 1.56. The highest BCUT2D eigenvalue weighted by Crippen LogP contribution is 2.22. The Morgan fingerprint density at radius 2 is 1.91 bits per heavy atom. The van der Waals surface area contributed by atoms with E-state index in [1.165, 1.54) is 10.9 Å². The van der Waals surface area contributed by atoms with Gasteiger partial charge in [-0.15, -0.1) is 0 Å². The fraction of sp³-hybridized carbons (Fsp3) is 0.259. The van der Waals surface area contributed by atoms with Crippen LogP contribution in [-0.4, -0.2) is 28.5 Å². The van der Waals surface area contributed by atoms with Gasteiger partial charge in [-0.05, 0) is 55.3 Å². The maximum absolute atomic E-state index is 13.1. The number of hydrogen-bond donors (Lipinski definition) is 0. The number of furan rings is 1. The molecule has 2 aromatic carbocycles. The second kappa shape index (κ2) is 11.3. The molecule has 4 aromatic rings. The predicted molar refractivity (Wildman–Crippen MR) is 140 cm³/mol. The first-order valence-electron chi connectivity index (χ1n) is 11.6. The van der Waals surface area contributed by atoms with Gasteiger partial charge < -0.3 is 9.15 Å². The van der Waals surface area contributed by atoms with Gasteiger partial charge in [-0.2, -0.15) is 9.78 Å². The number of carbonyl (C=O) groups excluding carboxylic acids is 1. The molecule has 0 saturated carbocycles. The molecule has 2 heterocycles. The number of fused-ring (bicyclic) bond motifs is 1. The predicted octanol–water partition coefficient (Wildman–Crippen LogP) is 6.21. The normalized spacial score (nSPS) is 11.4. The lowest BCUT2D eigenvalue weighted by Crippen LogP contribution is -2.22. The van der Waals surface area contributed by atoms with Gasteiger partial charge in [0.25, 0.3) is 5.56 Å². The third kappa shape index (κ3) is 5.77. The largest absolute Gasteiger partial charge is 0.462 e. The van der Waals surface area contributed by atoms with Crippen molar-refractivity contribution < 1.29 is 13.9 Å². The lowest BCUT2D eigenvalue weighted by atomic mass is 10.1. The Morgan fingerprint density at radius 1 is 1.11 bits per heavy atom. The van der Waals surface area contributed by atoms with Crippen molar-refractivity contribution in [3.05, 3.63) is 86.6 Å². The van der Waals surface area contributed by atoms with Gasteiger partial charge in [0, 0.05) is 16.5 Å². The zero-order valence-electron chi connectivity index (χ0n) is 19.7. The fourth-order valence-corrected chi connectivity index (χ4v) is 3.92. The van der Waals surface area contributed by atoms with E-state index in [1.54, 1.807) is 24.3 Å². The molecule has 180 valence electrons. The topological polar surface area (TPSA) is 86.7 Å². The van der Waals surface area contributed by atoms with Crippen LogP contribution in [0.15, 0.2) is 73.4 Å². The molecule has 0 radical (unpaired) electrons. The molecular weight excluding hydrogens is 510 g/mol. The first-order chi connectivity index (χ1) is 17.0. The van der Waals surface area contributed by atoms with Gasteiger partial charge in [-0.25, -0.2) is 9.78 Å². The van der Waals surface area contributed by atoms with E-state index < -0.39 is 0 Å². The van der Waals surface area contributed by atoms with Crippen LogP contribution in [0.25, 0.3) is 22.2 Å². The van der Waals surface area contributed by atoms with Gasteiger partial charge in [0.1, 0.15) is 17.3 Å². The average Bonchev–Trinajstić information content (AvgIpc) is 3.34. The quantitative estimate of drug-likeness (QED) is 0.144. The van der Waals surface area contributed by atoms with Crippen LogP contribution in [0.3, 0.4) is 0 Å². The Morgan fingerprint density at radius 3 is 2.66 bits per heavy atom. The molecule has 0 aliphatic rings. The van der Waals surface area contributed by atoms with Crippen molar-refractivity contribution >= 4 is 39.0 Å². The summed E-state index contributed by atoms with van der Waals surface area (Å²) in [6.07, 6.45) is 4.78. The fourth-order valence-electron chi connectivity index (χ4n) is 3.55. The highest BCUT2D eigenvalue weighted by Gasteiger charge is 2.12. The number of nitrogens with zero attached hydrogens (tertiary/aromatic N) is 3. The third-order valence-electron chi connectivity index (χ3n) is 5.41. The van der Waals surface area contributed by atoms with Crippen LogP contribution in [0.5, 0.6) is 0 Å². The van der Waals surface area contributed by atoms with Crippen molar-refractivity contribution in [3.63, 3.8) is 0 Å². The van der Waals surface area contributed by atoms with Gasteiger partial charge in [-0.1, -0.05) is 48.3 Å². The minimum atomic E-state index is -0.332. The molecule has 0 unspecified atom stereocenters. The summed E-state index contributed by atoms with van der Waals surface area (Å²) in [7, 11) is 0. The van der Waals surface area contributed by atoms with E-state index in [0.717, 1.165) is 29.3 Å². The molecule has 0 saturated heterocycles. The lowest BCUT2D eigenvalue weighted by molar-refractivity contribution is 0.0499. The maximum atomic E-state index is 13.1. The standard InChI is InChI=1S/C27H26BrN3O4/c1-3-5-15-34-27(33)19-9-7-18(8-10-19)24-14-12-21(35-24)17-29-31-25(6-4-2)30-23-13-11-20(28)16-22(23)26(31)32/h7-14,16-17H,3-6,15H2,1-2H3. The first kappa shape index (κ1) is 24.6. The zero-order valence-corrected chi connectivity index (χ0v) is 21.2. The molecule has 7 nitrogen and oxygen atoms in total. The smallest absolute Gasteiger partial charge is 0.338 e. The lowest BCUT2D eigenvalue weighted by Gasteiger charge is -2.08. The highest BCUT2D eigenvalue weighted by molar-refractivity contribution is 9.10. The van der Waals surface area contributed by atoms with Crippen molar-refractivity contribution in [3.8, 4) is 11.3 Å². The van der Waals surface area contributed by atoms with Gasteiger partial charge in [0.15, 0.2) is 0 Å². The van der Waals surface area contributed by atoms with Gasteiger partial charge in [0.2, 0.25) is 0 Å². The van der Waals surface area contributed by atoms with Crippen LogP contribution >= 0.6 is 15.9 Å². The van der Waals surface area contributed by atoms with E-state index in [-0.39, 0.29) is 11.5 Å². The van der Waals surface area contributed by atoms with E-state index in [1.807, 2.05) is 44.2 Å². The monoisotopic (exact) mass is 535 g/mol. The molecule has 8 heteroatoms. The number of hydrogen-bond acceptors (Lipinski definition) is 6. The van der Waals surface area contributed by atoms with Gasteiger partial charge >= 0.3 is 5.97 Å². The van der Waals surface area contributed by atoms with Crippen LogP contribution in [0.4, 0.5) is 0 Å². The molecule has 0 N–H and O–H groups in total. The molecule has 0 bridgehead atoms. The minimum absolute atomic E-state index is 0.232. The maximum Gasteiger partial charge on any atom is 0.338 e. The van der Waals surface area contributed by atoms with E-state index in [0.29, 0.717) is 46.8 Å². The molecular formula is C27H26BrN3O4. The Hall–Kier alpha value is -3.52. The van der Waals surface area contributed by atoms with Crippen molar-refractivity contribution in [2.75, 3.05) is 6.61 Å². The van der Waals surface area contributed by atoms with Gasteiger partial charge in [0.05, 0.1) is 29.3 Å². The number of ether oxygens (including phenoxy) is 1. The second-order valence-electron chi connectivity index (χ2n) is 8.07. The summed E-state index contributed by atoms with van der Waals surface area (Å²) >= 11 is 3.41. The van der Waals surface area contributed by atoms with Crippen molar-refractivity contribution in [2.45, 2.75) is 39.5 Å². The second-order valence-corrected chi connectivity index (χ2v) is 8.99. The van der Waals surface area contributed by atoms with Crippen molar-refractivity contribution in [1.82, 2.24) is 9.66 Å². The summed E-state index contributed by atoms with van der Waals surface area (Å²) in [4.78, 5) is 29.8. The van der Waals surface area contributed by atoms with E-state index >= 15 is 0 Å². The Bertz CT molecular complexity index is 1420. The van der Waals surface area contributed by atoms with E-state index in [9.17, 15) is 9.59 Å². The summed E-state index contributed by atoms with van der Waals surface area (Å²) in [5.41, 5.74) is 1.72. The molecule has 4 rings (SSSR count). The molecule has 0 spiro atoms. The van der Waals surface area contributed by atoms with Crippen molar-refractivity contribution in [2.24, 2.45) is 5.10 Å². The first-order valence-corrected chi connectivity index (χ1v) is 12.4. The van der Waals surface area contributed by atoms with Crippen LogP contribution in [-0.2, 0) is 11.2 Å². The zero-order chi connectivity index (χ0) is 24.8. The average molecular weight is 536 g/mol. The molecule has 0 aliphatic carbocycles. The number of aryl methyl sites for hydroxylation is 1. The SMILES string of the molecule is CCCCOC(=O)c1ccc(-c2ccc(C=Nn3c(CCC)nc4ccc(Br)cc4c3=O)o2)cc1. The highest BCUT2D eigenvalue weighted by atomic mass is 79.9. The molecule has 0 fully saturated rings. The van der Waals surface area contributed by atoms with Crippen LogP contribution < -0.4 is 5.56 Å². The van der Waals surface area contributed by atoms with E-state index in [2.05, 4.69) is 26.0 Å². The number of esters is 1. The van der Waals surface area contributed by atoms with Gasteiger partial charge in [-0.3, -0.25) is 4.79 Å². The van der Waals surface area contributed by atoms with Crippen LogP contribution in [0.2, 0.25) is 0 Å². The Kier molecular flexibility index (Phi) is 7.92. The molecule has 0 aliphatic heterocycles. The Labute approximate surface area is 211 Å². The summed E-state index contributed by atoms with van der Waals surface area (Å²) in [6.45, 7) is 4.50. The number of aromatic nitrogens is 2. The van der Waals surface area contributed by atoms with Crippen LogP contribution in [0.1, 0.15) is 55.1 Å². The molecule has 0 amide bonds. The molecule has 35 heavy (non-hydrogen) atoms. The van der Waals surface area contributed by atoms with Crippen molar-refractivity contribution in [1.29, 1.82) is 0 Å². The number of halogens is 1. The third-order valence-corrected chi connectivity index (χ3v) is 5.91. The number of rotatable bonds is 9. The summed E-state index contributed by atoms with van der Waals surface area (Å²) in [6, 6.07) is 16.1. The number of carbonyl (C=O) groups is 1. The van der Waals surface area contributed by atoms with Crippen LogP contribution in [0, 0.1) is 0 Å². The number of unbranched alkanes of at least 4 members (excludes halogenated alkanes) is 1. The van der Waals surface area contributed by atoms with E-state index in [4.69, 9.17) is 9.15 Å². The molecule has 2 aromatic heterocycles. The summed E-state index contributed by atoms with van der Waals surface area (Å²) in [5, 5.41) is 4.89. The summed E-state index contributed by atoms with van der Waals surface area (Å²) in [5.74, 6) is 1.38.